The molecule has 0 bridgehead atoms. The first-order valence-electron chi connectivity index (χ1n) is 14.7. The molecule has 2 aromatic heterocycles. The van der Waals surface area contributed by atoms with Crippen molar-refractivity contribution >= 4 is 0 Å². The van der Waals surface area contributed by atoms with Crippen LogP contribution in [0, 0.1) is 18.8 Å². The molecule has 0 aliphatic carbocycles. The molecule has 1 N–H and O–H groups in total. The summed E-state index contributed by atoms with van der Waals surface area (Å²) in [7, 11) is 0. The van der Waals surface area contributed by atoms with Gasteiger partial charge in [0.1, 0.15) is 11.4 Å². The van der Waals surface area contributed by atoms with Gasteiger partial charge in [0, 0.05) is 17.2 Å². The first-order chi connectivity index (χ1) is 18.4. The minimum absolute atomic E-state index is 0.190. The number of hydrogen-bond acceptors (Lipinski definition) is 3. The van der Waals surface area contributed by atoms with Crippen molar-refractivity contribution in [2.75, 3.05) is 0 Å². The van der Waals surface area contributed by atoms with Gasteiger partial charge >= 0.3 is 0 Å². The minimum atomic E-state index is -2.60. The number of aromatic nitrogens is 4. The van der Waals surface area contributed by atoms with Crippen LogP contribution >= 0.6 is 0 Å². The summed E-state index contributed by atoms with van der Waals surface area (Å²) in [5, 5.41) is 6.68. The Hall–Kier alpha value is -2.63. The standard InChI is InChI=1S/C32H46F2N4/c1-6-10-12-23(8-3)18-26(19-24(9-4)13-11-7-2)27-20-28(29-21-30(31(33)34)38-37-29)36-32(35-27)25-16-14-22(5)15-17-25/h14-17,20-21,23-24,26,31H,6-13,18-19H2,1-5H3,(H,37,38). The third-order valence-electron chi connectivity index (χ3n) is 7.89. The highest BCUT2D eigenvalue weighted by atomic mass is 19.3. The predicted molar refractivity (Wildman–Crippen MR) is 153 cm³/mol. The molecule has 0 saturated heterocycles. The van der Waals surface area contributed by atoms with E-state index in [1.807, 2.05) is 18.2 Å². The van der Waals surface area contributed by atoms with Crippen LogP contribution in [-0.2, 0) is 0 Å². The van der Waals surface area contributed by atoms with Crippen LogP contribution in [0.5, 0.6) is 0 Å². The SMILES string of the molecule is CCCCC(CC)CC(CC(CC)CCCC)c1cc(-c2cc(C(F)F)[nH]n2)nc(-c2ccc(C)cc2)n1. The number of alkyl halides is 2. The molecule has 0 fully saturated rings. The van der Waals surface area contributed by atoms with Crippen molar-refractivity contribution < 1.29 is 8.78 Å². The first kappa shape index (κ1) is 29.9. The summed E-state index contributed by atoms with van der Waals surface area (Å²) in [6, 6.07) is 11.6. The van der Waals surface area contributed by atoms with Gasteiger partial charge in [0.15, 0.2) is 5.82 Å². The number of nitrogens with one attached hydrogen (secondary N) is 1. The van der Waals surface area contributed by atoms with Crippen LogP contribution < -0.4 is 0 Å². The fraction of sp³-hybridized carbons (Fsp3) is 0.594. The van der Waals surface area contributed by atoms with Gasteiger partial charge in [0.05, 0.1) is 5.69 Å². The van der Waals surface area contributed by atoms with Crippen molar-refractivity contribution in [3.8, 4) is 22.8 Å². The van der Waals surface area contributed by atoms with Crippen molar-refractivity contribution in [3.05, 3.63) is 53.3 Å². The van der Waals surface area contributed by atoms with Gasteiger partial charge in [-0.2, -0.15) is 5.10 Å². The molecule has 0 aliphatic rings. The topological polar surface area (TPSA) is 54.5 Å². The molecule has 1 aromatic carbocycles. The molecule has 0 amide bonds. The lowest BCUT2D eigenvalue weighted by molar-refractivity contribution is 0.146. The van der Waals surface area contributed by atoms with Crippen LogP contribution in [0.2, 0.25) is 0 Å². The minimum Gasteiger partial charge on any atom is -0.276 e. The zero-order valence-corrected chi connectivity index (χ0v) is 23.9. The Morgan fingerprint density at radius 2 is 1.39 bits per heavy atom. The van der Waals surface area contributed by atoms with Gasteiger partial charge in [0.2, 0.25) is 0 Å². The summed E-state index contributed by atoms with van der Waals surface area (Å²) in [5.74, 6) is 2.20. The molecule has 2 atom stereocenters. The monoisotopic (exact) mass is 524 g/mol. The highest BCUT2D eigenvalue weighted by Gasteiger charge is 2.24. The fourth-order valence-corrected chi connectivity index (χ4v) is 5.32. The van der Waals surface area contributed by atoms with Crippen molar-refractivity contribution in [1.29, 1.82) is 0 Å². The van der Waals surface area contributed by atoms with Gasteiger partial charge in [-0.15, -0.1) is 0 Å². The second-order valence-corrected chi connectivity index (χ2v) is 10.9. The lowest BCUT2D eigenvalue weighted by Crippen LogP contribution is -2.14. The van der Waals surface area contributed by atoms with Crippen LogP contribution in [0.1, 0.15) is 121 Å². The van der Waals surface area contributed by atoms with E-state index in [1.54, 1.807) is 0 Å². The Balaban J connectivity index is 2.09. The van der Waals surface area contributed by atoms with E-state index in [0.29, 0.717) is 29.0 Å². The molecule has 0 aliphatic heterocycles. The van der Waals surface area contributed by atoms with E-state index in [-0.39, 0.29) is 11.6 Å². The summed E-state index contributed by atoms with van der Waals surface area (Å²) in [5.41, 5.74) is 3.95. The molecule has 38 heavy (non-hydrogen) atoms. The summed E-state index contributed by atoms with van der Waals surface area (Å²) >= 11 is 0. The largest absolute Gasteiger partial charge is 0.279 e. The van der Waals surface area contributed by atoms with Crippen LogP contribution in [0.15, 0.2) is 36.4 Å². The zero-order valence-electron chi connectivity index (χ0n) is 23.9. The molecule has 3 rings (SSSR count). The number of rotatable bonds is 16. The van der Waals surface area contributed by atoms with E-state index in [9.17, 15) is 8.78 Å². The Labute approximate surface area is 228 Å². The number of H-pyrrole nitrogens is 1. The number of unbranched alkanes of at least 4 members (excludes halogenated alkanes) is 2. The molecule has 6 heteroatoms. The molecule has 0 radical (unpaired) electrons. The average molecular weight is 525 g/mol. The third kappa shape index (κ3) is 8.44. The number of halogens is 2. The first-order valence-corrected chi connectivity index (χ1v) is 14.7. The third-order valence-corrected chi connectivity index (χ3v) is 7.89. The van der Waals surface area contributed by atoms with E-state index in [4.69, 9.17) is 9.97 Å². The van der Waals surface area contributed by atoms with E-state index in [0.717, 1.165) is 36.9 Å². The van der Waals surface area contributed by atoms with Gasteiger partial charge in [-0.25, -0.2) is 18.7 Å². The van der Waals surface area contributed by atoms with Crippen LogP contribution in [0.4, 0.5) is 8.78 Å². The van der Waals surface area contributed by atoms with Crippen molar-refractivity contribution in [1.82, 2.24) is 20.2 Å². The normalized spacial score (nSPS) is 14.1. The number of aryl methyl sites for hydroxylation is 1. The van der Waals surface area contributed by atoms with E-state index < -0.39 is 6.43 Å². The molecular formula is C32H46F2N4. The summed E-state index contributed by atoms with van der Waals surface area (Å²) in [6.45, 7) is 11.2. The van der Waals surface area contributed by atoms with Gasteiger partial charge in [-0.1, -0.05) is 109 Å². The maximum Gasteiger partial charge on any atom is 0.279 e. The van der Waals surface area contributed by atoms with Gasteiger partial charge in [-0.3, -0.25) is 5.10 Å². The van der Waals surface area contributed by atoms with Crippen molar-refractivity contribution in [3.63, 3.8) is 0 Å². The molecule has 4 nitrogen and oxygen atoms in total. The van der Waals surface area contributed by atoms with Crippen molar-refractivity contribution in [2.24, 2.45) is 11.8 Å². The molecule has 2 unspecified atom stereocenters. The maximum atomic E-state index is 13.4. The summed E-state index contributed by atoms with van der Waals surface area (Å²) < 4.78 is 26.7. The fourth-order valence-electron chi connectivity index (χ4n) is 5.32. The smallest absolute Gasteiger partial charge is 0.276 e. The Morgan fingerprint density at radius 3 is 1.89 bits per heavy atom. The summed E-state index contributed by atoms with van der Waals surface area (Å²) in [4.78, 5) is 9.96. The lowest BCUT2D eigenvalue weighted by atomic mass is 9.80. The van der Waals surface area contributed by atoms with E-state index in [2.05, 4.69) is 56.9 Å². The van der Waals surface area contributed by atoms with Crippen molar-refractivity contribution in [2.45, 2.75) is 111 Å². The van der Waals surface area contributed by atoms with Crippen LogP contribution in [-0.4, -0.2) is 20.2 Å². The quantitative estimate of drug-likeness (QED) is 0.203. The van der Waals surface area contributed by atoms with E-state index in [1.165, 1.54) is 50.2 Å². The zero-order chi connectivity index (χ0) is 27.5. The Bertz CT molecular complexity index is 1080. The van der Waals surface area contributed by atoms with Gasteiger partial charge < -0.3 is 0 Å². The van der Waals surface area contributed by atoms with E-state index >= 15 is 0 Å². The molecular weight excluding hydrogens is 478 g/mol. The Kier molecular flexibility index (Phi) is 11.9. The molecule has 0 saturated carbocycles. The van der Waals surface area contributed by atoms with Gasteiger partial charge in [-0.05, 0) is 43.7 Å². The highest BCUT2D eigenvalue weighted by Crippen LogP contribution is 2.37. The second kappa shape index (κ2) is 15.1. The van der Waals surface area contributed by atoms with Crippen LogP contribution in [0.3, 0.4) is 0 Å². The Morgan fingerprint density at radius 1 is 0.789 bits per heavy atom. The molecule has 208 valence electrons. The molecule has 3 aromatic rings. The van der Waals surface area contributed by atoms with Crippen LogP contribution in [0.25, 0.3) is 22.8 Å². The highest BCUT2D eigenvalue weighted by molar-refractivity contribution is 5.62. The summed E-state index contributed by atoms with van der Waals surface area (Å²) in [6.07, 6.45) is 9.24. The molecule has 2 heterocycles. The number of benzene rings is 1. The van der Waals surface area contributed by atoms with Gasteiger partial charge in [0.25, 0.3) is 6.43 Å². The predicted octanol–water partition coefficient (Wildman–Crippen LogP) is 10.1. The number of aromatic amines is 1. The number of nitrogens with zero attached hydrogens (tertiary/aromatic N) is 3. The number of hydrogen-bond donors (Lipinski definition) is 1. The molecule has 0 spiro atoms. The average Bonchev–Trinajstić information content (AvgIpc) is 3.43. The lowest BCUT2D eigenvalue weighted by Gasteiger charge is -2.27. The maximum absolute atomic E-state index is 13.4. The second-order valence-electron chi connectivity index (χ2n) is 10.9.